The maximum Gasteiger partial charge on any atom is 0.139 e. The lowest BCUT2D eigenvalue weighted by molar-refractivity contribution is 1.21. The number of hydrogen-bond donors (Lipinski definition) is 2. The predicted molar refractivity (Wildman–Crippen MR) is 107 cm³/mol. The van der Waals surface area contributed by atoms with E-state index < -0.39 is 0 Å². The third-order valence-corrected chi connectivity index (χ3v) is 4.96. The molecule has 6 nitrogen and oxygen atoms in total. The van der Waals surface area contributed by atoms with Crippen LogP contribution in [0.25, 0.3) is 33.9 Å². The molecular formula is C18H10Br2N6. The summed E-state index contributed by atoms with van der Waals surface area (Å²) in [6.45, 7) is 0. The van der Waals surface area contributed by atoms with Gasteiger partial charge in [-0.25, -0.2) is 15.0 Å². The minimum atomic E-state index is 0.738. The second-order valence-corrected chi connectivity index (χ2v) is 7.38. The molecule has 0 bridgehead atoms. The summed E-state index contributed by atoms with van der Waals surface area (Å²) >= 11 is 6.87. The minimum absolute atomic E-state index is 0.738. The molecule has 1 aliphatic rings. The zero-order valence-electron chi connectivity index (χ0n) is 13.2. The Morgan fingerprint density at radius 1 is 0.923 bits per heavy atom. The van der Waals surface area contributed by atoms with Crippen molar-refractivity contribution in [3.05, 3.63) is 58.1 Å². The SMILES string of the molecule is Brc1cc(-c2nc3c([nH]2)-c2ccncc2Nc2ncccc2-3)cc(Br)n1. The number of hydrogen-bond acceptors (Lipinski definition) is 5. The fourth-order valence-corrected chi connectivity index (χ4v) is 4.15. The Labute approximate surface area is 165 Å². The second kappa shape index (κ2) is 6.00. The van der Waals surface area contributed by atoms with Gasteiger partial charge in [-0.05, 0) is 62.2 Å². The molecular weight excluding hydrogens is 460 g/mol. The Morgan fingerprint density at radius 2 is 1.77 bits per heavy atom. The number of nitrogens with one attached hydrogen (secondary N) is 2. The number of anilines is 2. The first-order valence-corrected chi connectivity index (χ1v) is 9.38. The molecule has 8 heteroatoms. The smallest absolute Gasteiger partial charge is 0.139 e. The van der Waals surface area contributed by atoms with Gasteiger partial charge in [-0.2, -0.15) is 0 Å². The largest absolute Gasteiger partial charge is 0.338 e. The van der Waals surface area contributed by atoms with E-state index >= 15 is 0 Å². The number of rotatable bonds is 1. The van der Waals surface area contributed by atoms with Crippen molar-refractivity contribution in [2.24, 2.45) is 0 Å². The van der Waals surface area contributed by atoms with Crippen molar-refractivity contribution in [2.45, 2.75) is 0 Å². The molecule has 0 aromatic carbocycles. The monoisotopic (exact) mass is 468 g/mol. The number of imidazole rings is 1. The third-order valence-electron chi connectivity index (χ3n) is 4.15. The average molecular weight is 470 g/mol. The Bertz CT molecular complexity index is 1070. The summed E-state index contributed by atoms with van der Waals surface area (Å²) in [6, 6.07) is 9.74. The van der Waals surface area contributed by atoms with Crippen molar-refractivity contribution in [3.8, 4) is 33.9 Å². The molecule has 4 aromatic rings. The molecule has 5 rings (SSSR count). The average Bonchev–Trinajstić information content (AvgIpc) is 3.02. The lowest BCUT2D eigenvalue weighted by Gasteiger charge is -2.07. The van der Waals surface area contributed by atoms with E-state index in [4.69, 9.17) is 4.98 Å². The number of aromatic amines is 1. The van der Waals surface area contributed by atoms with Crippen molar-refractivity contribution in [1.82, 2.24) is 24.9 Å². The van der Waals surface area contributed by atoms with E-state index in [9.17, 15) is 0 Å². The highest BCUT2D eigenvalue weighted by Gasteiger charge is 2.24. The van der Waals surface area contributed by atoms with Crippen LogP contribution in [-0.2, 0) is 0 Å². The van der Waals surface area contributed by atoms with Crippen LogP contribution in [0.5, 0.6) is 0 Å². The van der Waals surface area contributed by atoms with Crippen molar-refractivity contribution in [2.75, 3.05) is 5.32 Å². The number of halogens is 2. The highest BCUT2D eigenvalue weighted by atomic mass is 79.9. The van der Waals surface area contributed by atoms with Crippen LogP contribution in [0.3, 0.4) is 0 Å². The van der Waals surface area contributed by atoms with E-state index in [0.717, 1.165) is 54.6 Å². The van der Waals surface area contributed by atoms with E-state index in [-0.39, 0.29) is 0 Å². The molecule has 1 aliphatic heterocycles. The standard InChI is InChI=1S/C18H10Br2N6/c19-13-6-9(7-14(20)24-13)17-25-15-10-3-5-21-8-12(10)23-18-11(16(15)26-17)2-1-4-22-18/h1-8H,(H,22,23)(H,25,26). The molecule has 0 unspecified atom stereocenters. The fourth-order valence-electron chi connectivity index (χ4n) is 3.04. The van der Waals surface area contributed by atoms with E-state index in [2.05, 4.69) is 57.1 Å². The molecule has 0 fully saturated rings. The van der Waals surface area contributed by atoms with Gasteiger partial charge in [0, 0.05) is 29.1 Å². The summed E-state index contributed by atoms with van der Waals surface area (Å²) < 4.78 is 1.48. The Morgan fingerprint density at radius 3 is 2.62 bits per heavy atom. The zero-order valence-corrected chi connectivity index (χ0v) is 16.3. The highest BCUT2D eigenvalue weighted by molar-refractivity contribution is 9.11. The minimum Gasteiger partial charge on any atom is -0.338 e. The first kappa shape index (κ1) is 15.7. The Kier molecular flexibility index (Phi) is 3.61. The van der Waals surface area contributed by atoms with Gasteiger partial charge in [-0.3, -0.25) is 4.98 Å². The molecule has 2 N–H and O–H groups in total. The second-order valence-electron chi connectivity index (χ2n) is 5.76. The van der Waals surface area contributed by atoms with Crippen LogP contribution >= 0.6 is 31.9 Å². The maximum atomic E-state index is 4.88. The van der Waals surface area contributed by atoms with Gasteiger partial charge in [0.15, 0.2) is 0 Å². The first-order valence-electron chi connectivity index (χ1n) is 7.79. The molecule has 5 heterocycles. The third kappa shape index (κ3) is 2.53. The summed E-state index contributed by atoms with van der Waals surface area (Å²) in [5.41, 5.74) is 5.54. The molecule has 26 heavy (non-hydrogen) atoms. The lowest BCUT2D eigenvalue weighted by Crippen LogP contribution is -1.95. The van der Waals surface area contributed by atoms with Crippen molar-refractivity contribution >= 4 is 43.4 Å². The molecule has 0 radical (unpaired) electrons. The fraction of sp³-hybridized carbons (Fsp3) is 0. The van der Waals surface area contributed by atoms with Crippen LogP contribution in [0.15, 0.2) is 58.1 Å². The van der Waals surface area contributed by atoms with Gasteiger partial charge in [-0.15, -0.1) is 0 Å². The van der Waals surface area contributed by atoms with Crippen LogP contribution in [-0.4, -0.2) is 24.9 Å². The van der Waals surface area contributed by atoms with Crippen molar-refractivity contribution < 1.29 is 0 Å². The normalized spacial score (nSPS) is 11.8. The molecule has 0 aliphatic carbocycles. The Balaban J connectivity index is 1.80. The molecule has 126 valence electrons. The van der Waals surface area contributed by atoms with Crippen LogP contribution in [0.2, 0.25) is 0 Å². The molecule has 0 atom stereocenters. The van der Waals surface area contributed by atoms with Gasteiger partial charge in [0.2, 0.25) is 0 Å². The van der Waals surface area contributed by atoms with E-state index in [1.807, 2.05) is 30.3 Å². The van der Waals surface area contributed by atoms with Crippen molar-refractivity contribution in [3.63, 3.8) is 0 Å². The summed E-state index contributed by atoms with van der Waals surface area (Å²) in [5, 5.41) is 3.35. The van der Waals surface area contributed by atoms with E-state index in [1.165, 1.54) is 0 Å². The van der Waals surface area contributed by atoms with Gasteiger partial charge >= 0.3 is 0 Å². The van der Waals surface area contributed by atoms with E-state index in [1.54, 1.807) is 18.6 Å². The zero-order chi connectivity index (χ0) is 17.7. The molecule has 0 amide bonds. The summed E-state index contributed by atoms with van der Waals surface area (Å²) in [5.74, 6) is 1.52. The summed E-state index contributed by atoms with van der Waals surface area (Å²) in [4.78, 5) is 21.3. The number of pyridine rings is 3. The van der Waals surface area contributed by atoms with Crippen LogP contribution in [0.4, 0.5) is 11.5 Å². The van der Waals surface area contributed by atoms with Crippen molar-refractivity contribution in [1.29, 1.82) is 0 Å². The predicted octanol–water partition coefficient (Wildman–Crippen LogP) is 5.18. The van der Waals surface area contributed by atoms with Gasteiger partial charge in [-0.1, -0.05) is 0 Å². The number of H-pyrrole nitrogens is 1. The maximum absolute atomic E-state index is 4.88. The number of fused-ring (bicyclic) bond motifs is 5. The van der Waals surface area contributed by atoms with E-state index in [0.29, 0.717) is 0 Å². The summed E-state index contributed by atoms with van der Waals surface area (Å²) in [6.07, 6.45) is 5.33. The molecule has 0 spiro atoms. The number of aromatic nitrogens is 5. The van der Waals surface area contributed by atoms with Crippen LogP contribution in [0, 0.1) is 0 Å². The first-order chi connectivity index (χ1) is 12.7. The molecule has 4 aromatic heterocycles. The van der Waals surface area contributed by atoms with Gasteiger partial charge in [0.05, 0.1) is 17.6 Å². The molecule has 0 saturated carbocycles. The summed E-state index contributed by atoms with van der Waals surface area (Å²) in [7, 11) is 0. The van der Waals surface area contributed by atoms with Gasteiger partial charge in [0.1, 0.15) is 26.5 Å². The quantitative estimate of drug-likeness (QED) is 0.331. The van der Waals surface area contributed by atoms with Crippen LogP contribution < -0.4 is 5.32 Å². The number of nitrogens with zero attached hydrogens (tertiary/aromatic N) is 4. The molecule has 0 saturated heterocycles. The van der Waals surface area contributed by atoms with Crippen LogP contribution in [0.1, 0.15) is 0 Å². The topological polar surface area (TPSA) is 79.4 Å². The lowest BCUT2D eigenvalue weighted by atomic mass is 10.1. The van der Waals surface area contributed by atoms with Gasteiger partial charge in [0.25, 0.3) is 0 Å². The van der Waals surface area contributed by atoms with Gasteiger partial charge < -0.3 is 10.3 Å². The highest BCUT2D eigenvalue weighted by Crippen LogP contribution is 2.42. The Hall–Kier alpha value is -2.58.